The molecule has 2 atom stereocenters. The molecule has 0 aromatic carbocycles. The lowest BCUT2D eigenvalue weighted by Crippen LogP contribution is -2.39. The fourth-order valence-electron chi connectivity index (χ4n) is 4.32. The third kappa shape index (κ3) is 3.78. The van der Waals surface area contributed by atoms with Gasteiger partial charge in [-0.2, -0.15) is 0 Å². The van der Waals surface area contributed by atoms with E-state index < -0.39 is 0 Å². The second kappa shape index (κ2) is 8.01. The molecular weight excluding hydrogens is 334 g/mol. The number of imidazole rings is 1. The third-order valence-corrected chi connectivity index (χ3v) is 5.68. The van der Waals surface area contributed by atoms with E-state index in [0.29, 0.717) is 12.1 Å². The SMILES string of the molecule is Cc1cccnc1[C@H]1CCC[C@@H](c2ncccc2C)N1CCc1cnc[nH]1. The molecule has 0 bridgehead atoms. The van der Waals surface area contributed by atoms with Crippen LogP contribution in [0.25, 0.3) is 0 Å². The molecule has 3 aromatic heterocycles. The Labute approximate surface area is 160 Å². The highest BCUT2D eigenvalue weighted by atomic mass is 15.2. The molecule has 27 heavy (non-hydrogen) atoms. The van der Waals surface area contributed by atoms with Gasteiger partial charge in [-0.3, -0.25) is 14.9 Å². The monoisotopic (exact) mass is 361 g/mol. The van der Waals surface area contributed by atoms with Crippen LogP contribution in [0, 0.1) is 13.8 Å². The molecule has 1 N–H and O–H groups in total. The first kappa shape index (κ1) is 17.9. The minimum absolute atomic E-state index is 0.328. The van der Waals surface area contributed by atoms with Gasteiger partial charge in [-0.15, -0.1) is 0 Å². The molecule has 0 aliphatic carbocycles. The molecule has 4 rings (SSSR count). The predicted octanol–water partition coefficient (Wildman–Crippen LogP) is 4.33. The van der Waals surface area contributed by atoms with Crippen LogP contribution in [0.2, 0.25) is 0 Å². The summed E-state index contributed by atoms with van der Waals surface area (Å²) in [6, 6.07) is 9.05. The van der Waals surface area contributed by atoms with Gasteiger partial charge in [-0.05, 0) is 56.4 Å². The Morgan fingerprint density at radius 3 is 2.15 bits per heavy atom. The van der Waals surface area contributed by atoms with Crippen LogP contribution in [-0.2, 0) is 6.42 Å². The highest BCUT2D eigenvalue weighted by molar-refractivity contribution is 5.26. The lowest BCUT2D eigenvalue weighted by Gasteiger charge is -2.42. The van der Waals surface area contributed by atoms with Crippen molar-refractivity contribution in [2.75, 3.05) is 6.54 Å². The first-order valence-corrected chi connectivity index (χ1v) is 9.80. The summed E-state index contributed by atoms with van der Waals surface area (Å²) in [5.41, 5.74) is 6.13. The first-order chi connectivity index (χ1) is 13.2. The topological polar surface area (TPSA) is 57.7 Å². The van der Waals surface area contributed by atoms with Crippen LogP contribution in [0.5, 0.6) is 0 Å². The lowest BCUT2D eigenvalue weighted by atomic mass is 9.88. The summed E-state index contributed by atoms with van der Waals surface area (Å²) in [5.74, 6) is 0. The van der Waals surface area contributed by atoms with Crippen molar-refractivity contribution in [3.63, 3.8) is 0 Å². The molecule has 140 valence electrons. The number of aromatic amines is 1. The van der Waals surface area contributed by atoms with Gasteiger partial charge in [-0.25, -0.2) is 4.98 Å². The highest BCUT2D eigenvalue weighted by Gasteiger charge is 2.34. The zero-order valence-electron chi connectivity index (χ0n) is 16.1. The molecule has 0 unspecified atom stereocenters. The van der Waals surface area contributed by atoms with Gasteiger partial charge in [0.15, 0.2) is 0 Å². The van der Waals surface area contributed by atoms with Crippen LogP contribution in [0.1, 0.15) is 59.6 Å². The largest absolute Gasteiger partial charge is 0.348 e. The highest BCUT2D eigenvalue weighted by Crippen LogP contribution is 2.41. The van der Waals surface area contributed by atoms with E-state index in [9.17, 15) is 0 Å². The molecule has 0 radical (unpaired) electrons. The van der Waals surface area contributed by atoms with Crippen molar-refractivity contribution in [2.45, 2.75) is 51.6 Å². The van der Waals surface area contributed by atoms with E-state index in [1.807, 2.05) is 30.7 Å². The van der Waals surface area contributed by atoms with Gasteiger partial charge < -0.3 is 4.98 Å². The second-order valence-corrected chi connectivity index (χ2v) is 7.44. The Balaban J connectivity index is 1.68. The van der Waals surface area contributed by atoms with E-state index in [2.05, 4.69) is 40.8 Å². The van der Waals surface area contributed by atoms with Crippen molar-refractivity contribution >= 4 is 0 Å². The van der Waals surface area contributed by atoms with E-state index in [-0.39, 0.29) is 0 Å². The number of aromatic nitrogens is 4. The van der Waals surface area contributed by atoms with Crippen molar-refractivity contribution in [2.24, 2.45) is 0 Å². The van der Waals surface area contributed by atoms with Gasteiger partial charge in [0.25, 0.3) is 0 Å². The zero-order chi connectivity index (χ0) is 18.6. The Hall–Kier alpha value is -2.53. The van der Waals surface area contributed by atoms with E-state index in [4.69, 9.17) is 9.97 Å². The second-order valence-electron chi connectivity index (χ2n) is 7.44. The number of aryl methyl sites for hydroxylation is 2. The lowest BCUT2D eigenvalue weighted by molar-refractivity contribution is 0.0773. The predicted molar refractivity (Wildman–Crippen MR) is 106 cm³/mol. The summed E-state index contributed by atoms with van der Waals surface area (Å²) in [4.78, 5) is 19.6. The Kier molecular flexibility index (Phi) is 5.30. The minimum Gasteiger partial charge on any atom is -0.348 e. The maximum Gasteiger partial charge on any atom is 0.0921 e. The Morgan fingerprint density at radius 1 is 1.00 bits per heavy atom. The molecule has 0 amide bonds. The molecule has 1 aliphatic heterocycles. The number of H-pyrrole nitrogens is 1. The summed E-state index contributed by atoms with van der Waals surface area (Å²) >= 11 is 0. The summed E-state index contributed by atoms with van der Waals surface area (Å²) in [6.07, 6.45) is 12.0. The molecule has 4 heterocycles. The molecule has 1 aliphatic rings. The minimum atomic E-state index is 0.328. The fourth-order valence-corrected chi connectivity index (χ4v) is 4.32. The van der Waals surface area contributed by atoms with Crippen molar-refractivity contribution in [3.05, 3.63) is 77.4 Å². The fraction of sp³-hybridized carbons (Fsp3) is 0.409. The molecule has 3 aromatic rings. The number of likely N-dealkylation sites (tertiary alicyclic amines) is 1. The smallest absolute Gasteiger partial charge is 0.0921 e. The summed E-state index contributed by atoms with van der Waals surface area (Å²) in [6.45, 7) is 5.31. The van der Waals surface area contributed by atoms with Gasteiger partial charge >= 0.3 is 0 Å². The summed E-state index contributed by atoms with van der Waals surface area (Å²) < 4.78 is 0. The summed E-state index contributed by atoms with van der Waals surface area (Å²) in [5, 5.41) is 0. The molecule has 5 nitrogen and oxygen atoms in total. The van der Waals surface area contributed by atoms with Crippen molar-refractivity contribution in [1.29, 1.82) is 0 Å². The van der Waals surface area contributed by atoms with Crippen LogP contribution in [-0.4, -0.2) is 31.4 Å². The van der Waals surface area contributed by atoms with Crippen molar-refractivity contribution < 1.29 is 0 Å². The van der Waals surface area contributed by atoms with Gasteiger partial charge in [0, 0.05) is 37.3 Å². The Bertz CT molecular complexity index is 820. The quantitative estimate of drug-likeness (QED) is 0.735. The van der Waals surface area contributed by atoms with Gasteiger partial charge in [0.1, 0.15) is 0 Å². The average molecular weight is 361 g/mol. The van der Waals surface area contributed by atoms with Gasteiger partial charge in [-0.1, -0.05) is 12.1 Å². The first-order valence-electron chi connectivity index (χ1n) is 9.80. The van der Waals surface area contributed by atoms with Crippen LogP contribution >= 0.6 is 0 Å². The molecule has 0 saturated carbocycles. The van der Waals surface area contributed by atoms with E-state index in [0.717, 1.165) is 25.8 Å². The Morgan fingerprint density at radius 2 is 1.63 bits per heavy atom. The number of hydrogen-bond donors (Lipinski definition) is 1. The average Bonchev–Trinajstić information content (AvgIpc) is 3.21. The standard InChI is InChI=1S/C22H27N5/c1-16-6-4-11-24-21(16)19-8-3-9-20(22-17(2)7-5-12-25-22)27(19)13-10-18-14-23-15-26-18/h4-7,11-12,14-15,19-20H,3,8-10,13H2,1-2H3,(H,23,26)/t19-,20+. The number of nitrogens with one attached hydrogen (secondary N) is 1. The van der Waals surface area contributed by atoms with Crippen LogP contribution in [0.3, 0.4) is 0 Å². The van der Waals surface area contributed by atoms with Crippen LogP contribution in [0.4, 0.5) is 0 Å². The van der Waals surface area contributed by atoms with E-state index in [1.54, 1.807) is 6.33 Å². The number of pyridine rings is 2. The summed E-state index contributed by atoms with van der Waals surface area (Å²) in [7, 11) is 0. The van der Waals surface area contributed by atoms with Gasteiger partial charge in [0.2, 0.25) is 0 Å². The number of nitrogens with zero attached hydrogens (tertiary/aromatic N) is 4. The van der Waals surface area contributed by atoms with E-state index >= 15 is 0 Å². The van der Waals surface area contributed by atoms with Gasteiger partial charge in [0.05, 0.1) is 29.8 Å². The third-order valence-electron chi connectivity index (χ3n) is 5.68. The van der Waals surface area contributed by atoms with Crippen LogP contribution in [0.15, 0.2) is 49.2 Å². The zero-order valence-corrected chi connectivity index (χ0v) is 16.1. The maximum atomic E-state index is 4.77. The van der Waals surface area contributed by atoms with Crippen molar-refractivity contribution in [3.8, 4) is 0 Å². The molecule has 1 saturated heterocycles. The van der Waals surface area contributed by atoms with Crippen LogP contribution < -0.4 is 0 Å². The molecular formula is C22H27N5. The molecule has 5 heteroatoms. The molecule has 0 spiro atoms. The van der Waals surface area contributed by atoms with E-state index in [1.165, 1.54) is 34.6 Å². The maximum absolute atomic E-state index is 4.77. The number of piperidine rings is 1. The number of rotatable bonds is 5. The molecule has 1 fully saturated rings. The number of hydrogen-bond acceptors (Lipinski definition) is 4. The van der Waals surface area contributed by atoms with Crippen molar-refractivity contribution in [1.82, 2.24) is 24.8 Å². The normalized spacial score (nSPS) is 20.7.